The lowest BCUT2D eigenvalue weighted by Gasteiger charge is -2.29. The molecule has 2 aliphatic rings. The van der Waals surface area contributed by atoms with E-state index in [1.54, 1.807) is 0 Å². The Morgan fingerprint density at radius 3 is 2.44 bits per heavy atom. The van der Waals surface area contributed by atoms with Crippen molar-refractivity contribution >= 4 is 23.0 Å². The predicted molar refractivity (Wildman–Crippen MR) is 142 cm³/mol. The molecule has 2 fully saturated rings. The topological polar surface area (TPSA) is 42.3 Å². The molecule has 1 aliphatic heterocycles. The van der Waals surface area contributed by atoms with E-state index in [9.17, 15) is 0 Å². The molecule has 0 bridgehead atoms. The molecule has 1 aromatic carbocycles. The number of nitrogens with zero attached hydrogens (tertiary/aromatic N) is 3. The largest absolute Gasteiger partial charge is 0.491 e. The number of benzene rings is 1. The van der Waals surface area contributed by atoms with Crippen LogP contribution in [0, 0.1) is 13.8 Å². The summed E-state index contributed by atoms with van der Waals surface area (Å²) in [5, 5.41) is 4.32. The lowest BCUT2D eigenvalue weighted by molar-refractivity contribution is 0.242. The highest BCUT2D eigenvalue weighted by atomic mass is 32.1. The molecule has 34 heavy (non-hydrogen) atoms. The van der Waals surface area contributed by atoms with E-state index in [1.165, 1.54) is 42.6 Å². The Bertz CT molecular complexity index is 1150. The summed E-state index contributed by atoms with van der Waals surface area (Å²) in [6.45, 7) is 8.60. The number of pyridine rings is 1. The Hall–Kier alpha value is -2.86. The number of hydrogen-bond donors (Lipinski definition) is 1. The summed E-state index contributed by atoms with van der Waals surface area (Å²) in [5.74, 6) is 0.870. The van der Waals surface area contributed by atoms with Crippen LogP contribution in [-0.2, 0) is 0 Å². The zero-order valence-electron chi connectivity index (χ0n) is 20.5. The van der Waals surface area contributed by atoms with Gasteiger partial charge in [0.05, 0.1) is 23.9 Å². The van der Waals surface area contributed by atoms with Crippen LogP contribution in [-0.4, -0.2) is 20.8 Å². The molecular formula is C28H34N4OS. The van der Waals surface area contributed by atoms with Gasteiger partial charge in [0.15, 0.2) is 5.11 Å². The van der Waals surface area contributed by atoms with Gasteiger partial charge in [0.25, 0.3) is 0 Å². The molecule has 5 rings (SSSR count). The fourth-order valence-corrected chi connectivity index (χ4v) is 6.08. The van der Waals surface area contributed by atoms with Gasteiger partial charge < -0.3 is 19.5 Å². The van der Waals surface area contributed by atoms with E-state index in [0.717, 1.165) is 22.2 Å². The molecule has 0 unspecified atom stereocenters. The molecule has 5 nitrogen and oxygen atoms in total. The van der Waals surface area contributed by atoms with Crippen molar-refractivity contribution in [3.63, 3.8) is 0 Å². The van der Waals surface area contributed by atoms with Gasteiger partial charge in [-0.25, -0.2) is 0 Å². The van der Waals surface area contributed by atoms with Crippen molar-refractivity contribution in [2.75, 3.05) is 4.90 Å². The molecule has 3 aromatic rings. The SMILES string of the molecule is Cc1cc([C@@H]2[C@H](c3ccccn3)NC(=S)N2c2ccc(OC(C)C)cc2)c(C)n1C1CCCC1. The van der Waals surface area contributed by atoms with Gasteiger partial charge in [-0.2, -0.15) is 0 Å². The maximum Gasteiger partial charge on any atom is 0.174 e. The smallest absolute Gasteiger partial charge is 0.174 e. The average molecular weight is 475 g/mol. The van der Waals surface area contributed by atoms with Gasteiger partial charge in [0, 0.05) is 29.3 Å². The minimum absolute atomic E-state index is 0.0145. The first-order valence-electron chi connectivity index (χ1n) is 12.4. The van der Waals surface area contributed by atoms with Crippen LogP contribution in [0.1, 0.15) is 80.3 Å². The van der Waals surface area contributed by atoms with Crippen molar-refractivity contribution in [3.8, 4) is 5.75 Å². The van der Waals surface area contributed by atoms with E-state index < -0.39 is 0 Å². The molecule has 1 saturated carbocycles. The summed E-state index contributed by atoms with van der Waals surface area (Å²) >= 11 is 5.92. The van der Waals surface area contributed by atoms with Crippen molar-refractivity contribution in [3.05, 3.63) is 77.4 Å². The molecule has 0 radical (unpaired) electrons. The summed E-state index contributed by atoms with van der Waals surface area (Å²) in [6.07, 6.45) is 7.17. The highest BCUT2D eigenvalue weighted by Crippen LogP contribution is 2.45. The van der Waals surface area contributed by atoms with E-state index in [0.29, 0.717) is 6.04 Å². The van der Waals surface area contributed by atoms with Crippen LogP contribution in [0.5, 0.6) is 5.75 Å². The number of ether oxygens (including phenoxy) is 1. The van der Waals surface area contributed by atoms with Crippen molar-refractivity contribution < 1.29 is 4.74 Å². The van der Waals surface area contributed by atoms with Crippen LogP contribution >= 0.6 is 12.2 Å². The molecule has 3 heterocycles. The fraction of sp³-hybridized carbons (Fsp3) is 0.429. The van der Waals surface area contributed by atoms with Crippen molar-refractivity contribution in [1.29, 1.82) is 0 Å². The highest BCUT2D eigenvalue weighted by molar-refractivity contribution is 7.80. The molecular weight excluding hydrogens is 440 g/mol. The van der Waals surface area contributed by atoms with Crippen molar-refractivity contribution in [2.24, 2.45) is 0 Å². The molecule has 2 aromatic heterocycles. The lowest BCUT2D eigenvalue weighted by Crippen LogP contribution is -2.29. The molecule has 0 spiro atoms. The van der Waals surface area contributed by atoms with Crippen molar-refractivity contribution in [1.82, 2.24) is 14.9 Å². The van der Waals surface area contributed by atoms with Crippen LogP contribution < -0.4 is 15.0 Å². The summed E-state index contributed by atoms with van der Waals surface area (Å²) in [5.41, 5.74) is 6.05. The predicted octanol–water partition coefficient (Wildman–Crippen LogP) is 6.58. The molecule has 0 amide bonds. The van der Waals surface area contributed by atoms with Gasteiger partial charge in [-0.3, -0.25) is 4.98 Å². The Balaban J connectivity index is 1.59. The van der Waals surface area contributed by atoms with E-state index in [-0.39, 0.29) is 18.2 Å². The maximum atomic E-state index is 5.92. The zero-order chi connectivity index (χ0) is 23.8. The second-order valence-corrected chi connectivity index (χ2v) is 10.2. The second kappa shape index (κ2) is 9.41. The number of anilines is 1. The quantitative estimate of drug-likeness (QED) is 0.409. The van der Waals surface area contributed by atoms with Crippen LogP contribution in [0.2, 0.25) is 0 Å². The lowest BCUT2D eigenvalue weighted by atomic mass is 9.96. The number of aryl methyl sites for hydroxylation is 1. The molecule has 6 heteroatoms. The second-order valence-electron chi connectivity index (χ2n) is 9.79. The van der Waals surface area contributed by atoms with Gasteiger partial charge in [-0.05, 0) is 101 Å². The van der Waals surface area contributed by atoms with Gasteiger partial charge in [-0.15, -0.1) is 0 Å². The first kappa shape index (κ1) is 22.9. The number of thiocarbonyl (C=S) groups is 1. The zero-order valence-corrected chi connectivity index (χ0v) is 21.3. The Labute approximate surface area is 208 Å². The first-order valence-corrected chi connectivity index (χ1v) is 12.8. The van der Waals surface area contributed by atoms with Gasteiger partial charge in [0.2, 0.25) is 0 Å². The summed E-state index contributed by atoms with van der Waals surface area (Å²) in [6, 6.07) is 17.3. The summed E-state index contributed by atoms with van der Waals surface area (Å²) in [4.78, 5) is 6.97. The third kappa shape index (κ3) is 4.20. The van der Waals surface area contributed by atoms with Gasteiger partial charge >= 0.3 is 0 Å². The molecule has 1 saturated heterocycles. The standard InChI is InChI=1S/C28H34N4OS/c1-18(2)33-23-14-12-22(13-15-23)32-27(26(30-28(32)34)25-11-7-8-16-29-25)24-17-19(3)31(20(24)4)21-9-5-6-10-21/h7-8,11-18,21,26-27H,5-6,9-10H2,1-4H3,(H,30,34)/t26-,27+/m0/s1. The Morgan fingerprint density at radius 2 is 1.79 bits per heavy atom. The van der Waals surface area contributed by atoms with Crippen LogP contribution in [0.25, 0.3) is 0 Å². The van der Waals surface area contributed by atoms with Crippen LogP contribution in [0.3, 0.4) is 0 Å². The summed E-state index contributed by atoms with van der Waals surface area (Å²) in [7, 11) is 0. The molecule has 1 N–H and O–H groups in total. The number of nitrogens with one attached hydrogen (secondary N) is 1. The van der Waals surface area contributed by atoms with Crippen LogP contribution in [0.4, 0.5) is 5.69 Å². The molecule has 178 valence electrons. The van der Waals surface area contributed by atoms with E-state index in [4.69, 9.17) is 21.9 Å². The Kier molecular flexibility index (Phi) is 6.34. The Morgan fingerprint density at radius 1 is 1.06 bits per heavy atom. The van der Waals surface area contributed by atoms with E-state index in [2.05, 4.69) is 52.9 Å². The molecule has 1 aliphatic carbocycles. The van der Waals surface area contributed by atoms with E-state index in [1.807, 2.05) is 44.3 Å². The van der Waals surface area contributed by atoms with Gasteiger partial charge in [0.1, 0.15) is 5.75 Å². The molecule has 2 atom stereocenters. The summed E-state index contributed by atoms with van der Waals surface area (Å²) < 4.78 is 8.44. The number of hydrogen-bond acceptors (Lipinski definition) is 3. The minimum Gasteiger partial charge on any atom is -0.491 e. The number of aromatic nitrogens is 2. The fourth-order valence-electron chi connectivity index (χ4n) is 5.73. The van der Waals surface area contributed by atoms with E-state index >= 15 is 0 Å². The number of rotatable bonds is 6. The third-order valence-electron chi connectivity index (χ3n) is 7.12. The highest BCUT2D eigenvalue weighted by Gasteiger charge is 2.42. The maximum absolute atomic E-state index is 5.92. The monoisotopic (exact) mass is 474 g/mol. The van der Waals surface area contributed by atoms with Gasteiger partial charge in [-0.1, -0.05) is 18.9 Å². The van der Waals surface area contributed by atoms with Crippen molar-refractivity contribution in [2.45, 2.75) is 77.6 Å². The first-order chi connectivity index (χ1) is 16.4. The third-order valence-corrected chi connectivity index (χ3v) is 7.43. The normalized spacial score (nSPS) is 20.9. The minimum atomic E-state index is -0.0298. The average Bonchev–Trinajstić information content (AvgIpc) is 3.52. The van der Waals surface area contributed by atoms with Crippen LogP contribution in [0.15, 0.2) is 54.7 Å².